The molecule has 1 aromatic rings. The maximum atomic E-state index is 11.8. The highest BCUT2D eigenvalue weighted by Crippen LogP contribution is 2.36. The normalized spacial score (nSPS) is 18.8. The summed E-state index contributed by atoms with van der Waals surface area (Å²) < 4.78 is 11.4. The lowest BCUT2D eigenvalue weighted by Gasteiger charge is -2.36. The summed E-state index contributed by atoms with van der Waals surface area (Å²) in [4.78, 5) is 13.5. The third-order valence-electron chi connectivity index (χ3n) is 5.04. The molecular formula is C18H30N2O3Si. The van der Waals surface area contributed by atoms with Crippen molar-refractivity contribution in [3.63, 3.8) is 0 Å². The van der Waals surface area contributed by atoms with Crippen LogP contribution in [0.2, 0.25) is 18.1 Å². The first-order valence-electron chi connectivity index (χ1n) is 8.55. The Morgan fingerprint density at radius 1 is 1.29 bits per heavy atom. The molecule has 0 radical (unpaired) electrons. The van der Waals surface area contributed by atoms with Crippen molar-refractivity contribution in [2.24, 2.45) is 5.73 Å². The van der Waals surface area contributed by atoms with E-state index in [4.69, 9.17) is 14.9 Å². The van der Waals surface area contributed by atoms with Crippen molar-refractivity contribution < 1.29 is 14.0 Å². The van der Waals surface area contributed by atoms with Crippen molar-refractivity contribution in [2.75, 3.05) is 24.6 Å². The Hall–Kier alpha value is -1.37. The molecule has 24 heavy (non-hydrogen) atoms. The van der Waals surface area contributed by atoms with E-state index in [0.717, 1.165) is 18.7 Å². The van der Waals surface area contributed by atoms with Crippen molar-refractivity contribution in [3.8, 4) is 0 Å². The number of hydrogen-bond acceptors (Lipinski definition) is 4. The maximum absolute atomic E-state index is 11.8. The van der Waals surface area contributed by atoms with E-state index in [0.29, 0.717) is 13.1 Å². The minimum Gasteiger partial charge on any atom is -0.443 e. The average molecular weight is 351 g/mol. The minimum atomic E-state index is -1.69. The number of amides is 1. The van der Waals surface area contributed by atoms with Gasteiger partial charge in [-0.2, -0.15) is 0 Å². The van der Waals surface area contributed by atoms with Crippen LogP contribution in [0, 0.1) is 0 Å². The molecule has 1 fully saturated rings. The van der Waals surface area contributed by atoms with Gasteiger partial charge in [0.15, 0.2) is 8.32 Å². The maximum Gasteiger partial charge on any atom is 0.414 e. The summed E-state index contributed by atoms with van der Waals surface area (Å²) in [5, 5.41) is 0.229. The second-order valence-corrected chi connectivity index (χ2v) is 12.7. The third-order valence-corrected chi connectivity index (χ3v) is 9.58. The van der Waals surface area contributed by atoms with Crippen molar-refractivity contribution in [1.29, 1.82) is 0 Å². The molecule has 0 aliphatic carbocycles. The third kappa shape index (κ3) is 4.37. The summed E-state index contributed by atoms with van der Waals surface area (Å²) in [6.45, 7) is 12.9. The molecule has 1 aliphatic heterocycles. The SMILES string of the molecule is CC(C)(C)[Si](C)(C)OCCc1ccc(N2C[C@H](CN)OC2=O)cc1. The smallest absolute Gasteiger partial charge is 0.414 e. The molecule has 1 atom stereocenters. The molecule has 0 bridgehead atoms. The zero-order chi connectivity index (χ0) is 18.0. The first kappa shape index (κ1) is 19.0. The molecule has 1 aliphatic rings. The standard InChI is InChI=1S/C18H30N2O3Si/c1-18(2,3)24(4,5)22-11-10-14-6-8-15(9-7-14)20-13-16(12-19)23-17(20)21/h6-9,16H,10-13,19H2,1-5H3/t16-/m0/s1. The lowest BCUT2D eigenvalue weighted by Crippen LogP contribution is -2.41. The monoisotopic (exact) mass is 350 g/mol. The summed E-state index contributed by atoms with van der Waals surface area (Å²) in [7, 11) is -1.69. The van der Waals surface area contributed by atoms with Gasteiger partial charge in [0.25, 0.3) is 0 Å². The van der Waals surface area contributed by atoms with Crippen LogP contribution < -0.4 is 10.6 Å². The molecule has 0 aromatic heterocycles. The highest BCUT2D eigenvalue weighted by molar-refractivity contribution is 6.74. The van der Waals surface area contributed by atoms with Crippen LogP contribution in [0.3, 0.4) is 0 Å². The Labute approximate surface area is 146 Å². The van der Waals surface area contributed by atoms with Crippen LogP contribution in [0.1, 0.15) is 26.3 Å². The van der Waals surface area contributed by atoms with Crippen LogP contribution in [0.25, 0.3) is 0 Å². The van der Waals surface area contributed by atoms with Crippen LogP contribution in [-0.4, -0.2) is 40.2 Å². The molecular weight excluding hydrogens is 320 g/mol. The predicted molar refractivity (Wildman–Crippen MR) is 100.0 cm³/mol. The Morgan fingerprint density at radius 2 is 1.92 bits per heavy atom. The second-order valence-electron chi connectivity index (χ2n) is 7.88. The van der Waals surface area contributed by atoms with Gasteiger partial charge in [-0.1, -0.05) is 32.9 Å². The van der Waals surface area contributed by atoms with Gasteiger partial charge in [0.1, 0.15) is 6.10 Å². The van der Waals surface area contributed by atoms with Gasteiger partial charge >= 0.3 is 6.09 Å². The minimum absolute atomic E-state index is 0.213. The van der Waals surface area contributed by atoms with E-state index in [9.17, 15) is 4.79 Å². The fourth-order valence-electron chi connectivity index (χ4n) is 2.34. The van der Waals surface area contributed by atoms with Gasteiger partial charge < -0.3 is 14.9 Å². The first-order valence-corrected chi connectivity index (χ1v) is 11.5. The van der Waals surface area contributed by atoms with Crippen molar-refractivity contribution in [1.82, 2.24) is 0 Å². The molecule has 0 unspecified atom stereocenters. The van der Waals surface area contributed by atoms with Gasteiger partial charge in [-0.15, -0.1) is 0 Å². The molecule has 0 spiro atoms. The number of anilines is 1. The molecule has 134 valence electrons. The molecule has 1 heterocycles. The second kappa shape index (κ2) is 7.25. The highest BCUT2D eigenvalue weighted by Gasteiger charge is 2.36. The zero-order valence-electron chi connectivity index (χ0n) is 15.5. The summed E-state index contributed by atoms with van der Waals surface area (Å²) in [5.41, 5.74) is 7.63. The Balaban J connectivity index is 1.90. The lowest BCUT2D eigenvalue weighted by atomic mass is 10.1. The highest BCUT2D eigenvalue weighted by atomic mass is 28.4. The number of nitrogens with two attached hydrogens (primary N) is 1. The molecule has 2 N–H and O–H groups in total. The molecule has 1 aromatic carbocycles. The summed E-state index contributed by atoms with van der Waals surface area (Å²) in [5.74, 6) is 0. The van der Waals surface area contributed by atoms with Crippen molar-refractivity contribution in [2.45, 2.75) is 51.4 Å². The molecule has 6 heteroatoms. The Morgan fingerprint density at radius 3 is 2.42 bits per heavy atom. The summed E-state index contributed by atoms with van der Waals surface area (Å²) in [6, 6.07) is 8.02. The largest absolute Gasteiger partial charge is 0.443 e. The number of nitrogens with zero attached hydrogens (tertiary/aromatic N) is 1. The molecule has 0 saturated carbocycles. The van der Waals surface area contributed by atoms with Gasteiger partial charge in [-0.3, -0.25) is 4.90 Å². The zero-order valence-corrected chi connectivity index (χ0v) is 16.5. The van der Waals surface area contributed by atoms with E-state index < -0.39 is 8.32 Å². The number of cyclic esters (lactones) is 1. The van der Waals surface area contributed by atoms with E-state index >= 15 is 0 Å². The van der Waals surface area contributed by atoms with E-state index in [2.05, 4.69) is 33.9 Å². The van der Waals surface area contributed by atoms with E-state index in [1.165, 1.54) is 5.56 Å². The Bertz CT molecular complexity index is 567. The lowest BCUT2D eigenvalue weighted by molar-refractivity contribution is 0.145. The number of carbonyl (C=O) groups excluding carboxylic acids is 1. The van der Waals surface area contributed by atoms with Crippen molar-refractivity contribution in [3.05, 3.63) is 29.8 Å². The fraction of sp³-hybridized carbons (Fsp3) is 0.611. The quantitative estimate of drug-likeness (QED) is 0.797. The number of carbonyl (C=O) groups is 1. The number of benzene rings is 1. The molecule has 1 amide bonds. The van der Waals surface area contributed by atoms with Crippen LogP contribution in [0.5, 0.6) is 0 Å². The van der Waals surface area contributed by atoms with Gasteiger partial charge in [0, 0.05) is 18.8 Å². The fourth-order valence-corrected chi connectivity index (χ4v) is 3.38. The van der Waals surface area contributed by atoms with Crippen LogP contribution in [0.4, 0.5) is 10.5 Å². The topological polar surface area (TPSA) is 64.8 Å². The van der Waals surface area contributed by atoms with Gasteiger partial charge in [-0.25, -0.2) is 4.79 Å². The number of hydrogen-bond donors (Lipinski definition) is 1. The molecule has 5 nitrogen and oxygen atoms in total. The summed E-state index contributed by atoms with van der Waals surface area (Å²) in [6.07, 6.45) is 0.345. The molecule has 2 rings (SSSR count). The van der Waals surface area contributed by atoms with E-state index in [-0.39, 0.29) is 17.2 Å². The van der Waals surface area contributed by atoms with Crippen LogP contribution >= 0.6 is 0 Å². The average Bonchev–Trinajstić information content (AvgIpc) is 2.88. The van der Waals surface area contributed by atoms with E-state index in [1.54, 1.807) is 4.90 Å². The molecule has 1 saturated heterocycles. The number of ether oxygens (including phenoxy) is 1. The van der Waals surface area contributed by atoms with Crippen LogP contribution in [0.15, 0.2) is 24.3 Å². The van der Waals surface area contributed by atoms with Gasteiger partial charge in [0.05, 0.1) is 6.54 Å². The predicted octanol–water partition coefficient (Wildman–Crippen LogP) is 3.53. The van der Waals surface area contributed by atoms with Crippen LogP contribution in [-0.2, 0) is 15.6 Å². The van der Waals surface area contributed by atoms with Crippen molar-refractivity contribution >= 4 is 20.1 Å². The van der Waals surface area contributed by atoms with Gasteiger partial charge in [-0.05, 0) is 42.2 Å². The Kier molecular flexibility index (Phi) is 5.73. The number of rotatable bonds is 6. The van der Waals surface area contributed by atoms with Gasteiger partial charge in [0.2, 0.25) is 0 Å². The first-order chi connectivity index (χ1) is 11.1. The van der Waals surface area contributed by atoms with E-state index in [1.807, 2.05) is 24.3 Å². The summed E-state index contributed by atoms with van der Waals surface area (Å²) >= 11 is 0.